The van der Waals surface area contributed by atoms with Gasteiger partial charge in [0.15, 0.2) is 15.8 Å². The van der Waals surface area contributed by atoms with Gasteiger partial charge in [-0.15, -0.1) is 0 Å². The van der Waals surface area contributed by atoms with Crippen molar-refractivity contribution in [3.05, 3.63) is 61.9 Å². The normalized spacial score (nSPS) is 15.2. The maximum atomic E-state index is 12.7. The van der Waals surface area contributed by atoms with E-state index >= 15 is 0 Å². The van der Waals surface area contributed by atoms with E-state index in [1.54, 1.807) is 42.5 Å². The average Bonchev–Trinajstić information content (AvgIpc) is 2.92. The topological polar surface area (TPSA) is 78.9 Å². The van der Waals surface area contributed by atoms with E-state index in [1.807, 2.05) is 0 Å². The first kappa shape index (κ1) is 20.7. The number of amides is 2. The highest BCUT2D eigenvalue weighted by atomic mass is 79.9. The van der Waals surface area contributed by atoms with Gasteiger partial charge in [0.05, 0.1) is 16.5 Å². The fourth-order valence-electron chi connectivity index (χ4n) is 2.32. The second-order valence-corrected chi connectivity index (χ2v) is 8.49. The number of nitrogens with one attached hydrogen (secondary N) is 1. The number of halogens is 2. The third-order valence-corrected chi connectivity index (χ3v) is 5.84. The molecule has 1 aliphatic rings. The van der Waals surface area contributed by atoms with Crippen molar-refractivity contribution in [3.8, 4) is 11.5 Å². The molecule has 3 rings (SSSR count). The molecule has 2 amide bonds. The molecule has 0 aliphatic carbocycles. The number of hydrazine groups is 1. The Hall–Kier alpha value is -2.07. The van der Waals surface area contributed by atoms with Gasteiger partial charge < -0.3 is 9.84 Å². The van der Waals surface area contributed by atoms with Crippen LogP contribution < -0.4 is 10.2 Å². The number of benzene rings is 2. The Morgan fingerprint density at radius 2 is 2.04 bits per heavy atom. The van der Waals surface area contributed by atoms with Crippen molar-refractivity contribution in [1.82, 2.24) is 10.4 Å². The van der Waals surface area contributed by atoms with E-state index in [-0.39, 0.29) is 15.8 Å². The van der Waals surface area contributed by atoms with Crippen LogP contribution in [0.4, 0.5) is 0 Å². The first-order valence-electron chi connectivity index (χ1n) is 7.71. The third kappa shape index (κ3) is 4.33. The Morgan fingerprint density at radius 3 is 2.68 bits per heavy atom. The van der Waals surface area contributed by atoms with Crippen molar-refractivity contribution in [3.63, 3.8) is 0 Å². The minimum absolute atomic E-state index is 0.0394. The molecule has 0 saturated carbocycles. The zero-order valence-electron chi connectivity index (χ0n) is 14.2. The fraction of sp³-hybridized carbons (Fsp3) is 0.0556. The minimum Gasteiger partial charge on any atom is -0.503 e. The van der Waals surface area contributed by atoms with Crippen molar-refractivity contribution >= 4 is 73.7 Å². The molecule has 1 aliphatic heterocycles. The number of aromatic hydroxyl groups is 1. The van der Waals surface area contributed by atoms with Crippen LogP contribution in [0.25, 0.3) is 6.08 Å². The van der Waals surface area contributed by atoms with Crippen molar-refractivity contribution < 1.29 is 19.4 Å². The van der Waals surface area contributed by atoms with E-state index in [9.17, 15) is 14.7 Å². The number of carbonyl (C=O) groups excluding carboxylic acids is 2. The SMILES string of the molecule is COc1cc(/C=C2/SC(=S)N(NC(=O)c3ccc(Cl)cc3)C2=O)cc(Br)c1O. The number of hydrogen-bond donors (Lipinski definition) is 2. The largest absolute Gasteiger partial charge is 0.503 e. The molecule has 2 aromatic rings. The highest BCUT2D eigenvalue weighted by molar-refractivity contribution is 9.10. The summed E-state index contributed by atoms with van der Waals surface area (Å²) in [5.41, 5.74) is 3.46. The van der Waals surface area contributed by atoms with Crippen molar-refractivity contribution in [2.24, 2.45) is 0 Å². The highest BCUT2D eigenvalue weighted by Crippen LogP contribution is 2.37. The lowest BCUT2D eigenvalue weighted by Gasteiger charge is -2.15. The Labute approximate surface area is 183 Å². The van der Waals surface area contributed by atoms with E-state index < -0.39 is 11.8 Å². The number of phenols is 1. The molecule has 0 atom stereocenters. The van der Waals surface area contributed by atoms with Gasteiger partial charge in [0, 0.05) is 10.6 Å². The molecule has 0 unspecified atom stereocenters. The molecule has 0 spiro atoms. The molecule has 0 radical (unpaired) electrons. The average molecular weight is 500 g/mol. The van der Waals surface area contributed by atoms with Crippen LogP contribution in [0.1, 0.15) is 15.9 Å². The number of hydrogen-bond acceptors (Lipinski definition) is 6. The standard InChI is InChI=1S/C18H12BrClN2O4S2/c1-26-13-7-9(6-12(19)15(13)23)8-14-17(25)22(18(27)28-14)21-16(24)10-2-4-11(20)5-3-10/h2-8,23H,1H3,(H,21,24)/b14-8+. The molecule has 6 nitrogen and oxygen atoms in total. The molecule has 2 N–H and O–H groups in total. The zero-order valence-corrected chi connectivity index (χ0v) is 18.2. The lowest BCUT2D eigenvalue weighted by molar-refractivity contribution is -0.123. The fourth-order valence-corrected chi connectivity index (χ4v) is 4.08. The molecule has 144 valence electrons. The molecule has 10 heteroatoms. The number of carbonyl (C=O) groups is 2. The minimum atomic E-state index is -0.483. The van der Waals surface area contributed by atoms with Gasteiger partial charge in [-0.2, -0.15) is 5.01 Å². The monoisotopic (exact) mass is 498 g/mol. The lowest BCUT2D eigenvalue weighted by atomic mass is 10.2. The summed E-state index contributed by atoms with van der Waals surface area (Å²) in [7, 11) is 1.43. The maximum absolute atomic E-state index is 12.7. The molecule has 2 aromatic carbocycles. The van der Waals surface area contributed by atoms with Gasteiger partial charge in [-0.05, 0) is 76.2 Å². The number of nitrogens with zero attached hydrogens (tertiary/aromatic N) is 1. The highest BCUT2D eigenvalue weighted by Gasteiger charge is 2.33. The van der Waals surface area contributed by atoms with Crippen LogP contribution in [-0.4, -0.2) is 33.4 Å². The Morgan fingerprint density at radius 1 is 1.36 bits per heavy atom. The summed E-state index contributed by atoms with van der Waals surface area (Å²) in [5, 5.41) is 11.4. The summed E-state index contributed by atoms with van der Waals surface area (Å²) < 4.78 is 5.72. The smallest absolute Gasteiger partial charge is 0.285 e. The van der Waals surface area contributed by atoms with Gasteiger partial charge in [-0.25, -0.2) is 0 Å². The first-order chi connectivity index (χ1) is 13.3. The van der Waals surface area contributed by atoms with Gasteiger partial charge in [0.1, 0.15) is 0 Å². The van der Waals surface area contributed by atoms with E-state index in [0.29, 0.717) is 25.5 Å². The van der Waals surface area contributed by atoms with Gasteiger partial charge in [0.25, 0.3) is 11.8 Å². The van der Waals surface area contributed by atoms with Crippen molar-refractivity contribution in [1.29, 1.82) is 0 Å². The van der Waals surface area contributed by atoms with Gasteiger partial charge >= 0.3 is 0 Å². The second kappa shape index (κ2) is 8.52. The molecular weight excluding hydrogens is 488 g/mol. The number of rotatable bonds is 4. The summed E-state index contributed by atoms with van der Waals surface area (Å²) in [6.45, 7) is 0. The summed E-state index contributed by atoms with van der Waals surface area (Å²) in [5.74, 6) is -0.724. The zero-order chi connectivity index (χ0) is 20.4. The van der Waals surface area contributed by atoms with Crippen LogP contribution >= 0.6 is 51.5 Å². The van der Waals surface area contributed by atoms with Crippen LogP contribution in [0.3, 0.4) is 0 Å². The molecular formula is C18H12BrClN2O4S2. The lowest BCUT2D eigenvalue weighted by Crippen LogP contribution is -2.44. The molecule has 0 bridgehead atoms. The number of thiocarbonyl (C=S) groups is 1. The summed E-state index contributed by atoms with van der Waals surface area (Å²) in [6.07, 6.45) is 1.60. The van der Waals surface area contributed by atoms with Crippen molar-refractivity contribution in [2.45, 2.75) is 0 Å². The summed E-state index contributed by atoms with van der Waals surface area (Å²) in [4.78, 5) is 25.3. The van der Waals surface area contributed by atoms with Gasteiger partial charge in [-0.3, -0.25) is 15.0 Å². The predicted molar refractivity (Wildman–Crippen MR) is 116 cm³/mol. The second-order valence-electron chi connectivity index (χ2n) is 5.52. The number of thioether (sulfide) groups is 1. The van der Waals surface area contributed by atoms with Crippen LogP contribution in [0, 0.1) is 0 Å². The van der Waals surface area contributed by atoms with Gasteiger partial charge in [-0.1, -0.05) is 23.4 Å². The number of phenolic OH excluding ortho intramolecular Hbond substituents is 1. The van der Waals surface area contributed by atoms with Crippen LogP contribution in [-0.2, 0) is 4.79 Å². The van der Waals surface area contributed by atoms with Crippen LogP contribution in [0.2, 0.25) is 5.02 Å². The summed E-state index contributed by atoms with van der Waals surface area (Å²) in [6, 6.07) is 9.47. The van der Waals surface area contributed by atoms with Crippen LogP contribution in [0.5, 0.6) is 11.5 Å². The van der Waals surface area contributed by atoms with E-state index in [4.69, 9.17) is 28.6 Å². The van der Waals surface area contributed by atoms with Gasteiger partial charge in [0.2, 0.25) is 0 Å². The number of methoxy groups -OCH3 is 1. The first-order valence-corrected chi connectivity index (χ1v) is 10.1. The molecule has 1 saturated heterocycles. The van der Waals surface area contributed by atoms with Crippen molar-refractivity contribution in [2.75, 3.05) is 7.11 Å². The Bertz CT molecular complexity index is 1010. The van der Waals surface area contributed by atoms with E-state index in [0.717, 1.165) is 16.8 Å². The number of ether oxygens (including phenoxy) is 1. The summed E-state index contributed by atoms with van der Waals surface area (Å²) >= 11 is 15.3. The maximum Gasteiger partial charge on any atom is 0.285 e. The van der Waals surface area contributed by atoms with Crippen LogP contribution in [0.15, 0.2) is 45.8 Å². The van der Waals surface area contributed by atoms with E-state index in [1.165, 1.54) is 7.11 Å². The third-order valence-electron chi connectivity index (χ3n) is 3.68. The predicted octanol–water partition coefficient (Wildman–Crippen LogP) is 4.36. The molecule has 1 fully saturated rings. The molecule has 0 aromatic heterocycles. The molecule has 28 heavy (non-hydrogen) atoms. The Balaban J connectivity index is 1.81. The quantitative estimate of drug-likeness (QED) is 0.481. The molecule has 1 heterocycles. The van der Waals surface area contributed by atoms with E-state index in [2.05, 4.69) is 21.4 Å². The Kier molecular flexibility index (Phi) is 6.29.